The maximum Gasteiger partial charge on any atom is 0.323 e. The van der Waals surface area contributed by atoms with Crippen molar-refractivity contribution in [1.29, 1.82) is 0 Å². The van der Waals surface area contributed by atoms with Crippen molar-refractivity contribution in [3.8, 4) is 0 Å². The minimum Gasteiger partial charge on any atom is -0.308 e. The monoisotopic (exact) mass is 266 g/mol. The average molecular weight is 266 g/mol. The number of nitrogens with zero attached hydrogens (tertiary/aromatic N) is 1. The molecule has 2 aromatic carbocycles. The Morgan fingerprint density at radius 3 is 2.85 bits per heavy atom. The van der Waals surface area contributed by atoms with Gasteiger partial charge in [-0.15, -0.1) is 0 Å². The molecule has 1 heterocycles. The molecule has 5 nitrogen and oxygen atoms in total. The van der Waals surface area contributed by atoms with E-state index in [4.69, 9.17) is 0 Å². The maximum absolute atomic E-state index is 12.0. The molecule has 0 bridgehead atoms. The summed E-state index contributed by atoms with van der Waals surface area (Å²) in [4.78, 5) is 12.0. The van der Waals surface area contributed by atoms with Gasteiger partial charge < -0.3 is 10.6 Å². The number of para-hydroxylation sites is 1. The van der Waals surface area contributed by atoms with Gasteiger partial charge in [-0.25, -0.2) is 4.79 Å². The highest BCUT2D eigenvalue weighted by atomic mass is 16.2. The number of hydrogen-bond donors (Lipinski definition) is 3. The van der Waals surface area contributed by atoms with E-state index < -0.39 is 0 Å². The van der Waals surface area contributed by atoms with Gasteiger partial charge in [0.15, 0.2) is 0 Å². The van der Waals surface area contributed by atoms with Crippen LogP contribution in [-0.4, -0.2) is 16.2 Å². The van der Waals surface area contributed by atoms with E-state index in [-0.39, 0.29) is 6.03 Å². The Balaban J connectivity index is 1.74. The van der Waals surface area contributed by atoms with Crippen LogP contribution in [0.3, 0.4) is 0 Å². The fraction of sp³-hybridized carbons (Fsp3) is 0.0667. The van der Waals surface area contributed by atoms with Gasteiger partial charge in [0.05, 0.1) is 11.7 Å². The second-order valence-corrected chi connectivity index (χ2v) is 4.57. The minimum absolute atomic E-state index is 0.266. The van der Waals surface area contributed by atoms with Crippen LogP contribution in [0.4, 0.5) is 16.2 Å². The predicted octanol–water partition coefficient (Wildman–Crippen LogP) is 3.52. The van der Waals surface area contributed by atoms with Gasteiger partial charge in [0.25, 0.3) is 0 Å². The van der Waals surface area contributed by atoms with E-state index in [1.807, 2.05) is 49.4 Å². The number of aromatic nitrogens is 2. The normalized spacial score (nSPS) is 10.4. The number of anilines is 2. The SMILES string of the molecule is Cc1ccccc1NC(=O)Nc1ccc2cn[nH]c2c1. The zero-order chi connectivity index (χ0) is 13.9. The first-order valence-electron chi connectivity index (χ1n) is 6.29. The minimum atomic E-state index is -0.266. The van der Waals surface area contributed by atoms with Crippen LogP contribution in [-0.2, 0) is 0 Å². The van der Waals surface area contributed by atoms with Crippen molar-refractivity contribution in [2.24, 2.45) is 0 Å². The molecule has 0 fully saturated rings. The molecule has 20 heavy (non-hydrogen) atoms. The molecule has 0 atom stereocenters. The van der Waals surface area contributed by atoms with Gasteiger partial charge in [-0.3, -0.25) is 5.10 Å². The van der Waals surface area contributed by atoms with E-state index in [0.29, 0.717) is 5.69 Å². The Morgan fingerprint density at radius 2 is 2.00 bits per heavy atom. The smallest absolute Gasteiger partial charge is 0.308 e. The summed E-state index contributed by atoms with van der Waals surface area (Å²) in [5, 5.41) is 13.5. The summed E-state index contributed by atoms with van der Waals surface area (Å²) in [7, 11) is 0. The molecular formula is C15H14N4O. The van der Waals surface area contributed by atoms with Crippen LogP contribution in [0.5, 0.6) is 0 Å². The summed E-state index contributed by atoms with van der Waals surface area (Å²) in [6, 6.07) is 13.0. The molecule has 1 aromatic heterocycles. The number of aromatic amines is 1. The maximum atomic E-state index is 12.0. The van der Waals surface area contributed by atoms with E-state index in [2.05, 4.69) is 20.8 Å². The van der Waals surface area contributed by atoms with Gasteiger partial charge in [-0.2, -0.15) is 5.10 Å². The van der Waals surface area contributed by atoms with E-state index >= 15 is 0 Å². The van der Waals surface area contributed by atoms with Crippen LogP contribution < -0.4 is 10.6 Å². The summed E-state index contributed by atoms with van der Waals surface area (Å²) < 4.78 is 0. The molecule has 2 amide bonds. The third kappa shape index (κ3) is 2.47. The highest BCUT2D eigenvalue weighted by Crippen LogP contribution is 2.17. The van der Waals surface area contributed by atoms with Crippen molar-refractivity contribution in [2.45, 2.75) is 6.92 Å². The lowest BCUT2D eigenvalue weighted by molar-refractivity contribution is 0.262. The number of benzene rings is 2. The largest absolute Gasteiger partial charge is 0.323 e. The number of carbonyl (C=O) groups is 1. The molecule has 0 aliphatic carbocycles. The van der Waals surface area contributed by atoms with Crippen molar-refractivity contribution in [3.05, 3.63) is 54.2 Å². The lowest BCUT2D eigenvalue weighted by Crippen LogP contribution is -2.19. The van der Waals surface area contributed by atoms with E-state index in [9.17, 15) is 4.79 Å². The molecule has 0 spiro atoms. The molecule has 0 saturated heterocycles. The van der Waals surface area contributed by atoms with Gasteiger partial charge in [0.1, 0.15) is 0 Å². The summed E-state index contributed by atoms with van der Waals surface area (Å²) in [6.07, 6.45) is 1.74. The molecule has 5 heteroatoms. The van der Waals surface area contributed by atoms with Crippen LogP contribution in [0.25, 0.3) is 10.9 Å². The molecule has 0 radical (unpaired) electrons. The Labute approximate surface area is 116 Å². The lowest BCUT2D eigenvalue weighted by Gasteiger charge is -2.09. The number of aryl methyl sites for hydroxylation is 1. The highest BCUT2D eigenvalue weighted by Gasteiger charge is 2.05. The zero-order valence-corrected chi connectivity index (χ0v) is 11.0. The Hall–Kier alpha value is -2.82. The number of hydrogen-bond acceptors (Lipinski definition) is 2. The van der Waals surface area contributed by atoms with Crippen LogP contribution in [0, 0.1) is 6.92 Å². The fourth-order valence-corrected chi connectivity index (χ4v) is 2.01. The van der Waals surface area contributed by atoms with Crippen LogP contribution in [0.15, 0.2) is 48.7 Å². The van der Waals surface area contributed by atoms with Gasteiger partial charge in [0, 0.05) is 16.8 Å². The Morgan fingerprint density at radius 1 is 1.15 bits per heavy atom. The van der Waals surface area contributed by atoms with Crippen molar-refractivity contribution in [2.75, 3.05) is 10.6 Å². The number of carbonyl (C=O) groups excluding carboxylic acids is 1. The highest BCUT2D eigenvalue weighted by molar-refractivity contribution is 6.01. The Bertz CT molecular complexity index is 763. The zero-order valence-electron chi connectivity index (χ0n) is 11.0. The number of H-pyrrole nitrogens is 1. The van der Waals surface area contributed by atoms with E-state index in [1.54, 1.807) is 6.20 Å². The second kappa shape index (κ2) is 5.05. The summed E-state index contributed by atoms with van der Waals surface area (Å²) in [5.41, 5.74) is 3.42. The number of rotatable bonds is 2. The van der Waals surface area contributed by atoms with E-state index in [1.165, 1.54) is 0 Å². The predicted molar refractivity (Wildman–Crippen MR) is 79.9 cm³/mol. The molecule has 3 N–H and O–H groups in total. The summed E-state index contributed by atoms with van der Waals surface area (Å²) in [6.45, 7) is 1.95. The van der Waals surface area contributed by atoms with Gasteiger partial charge >= 0.3 is 6.03 Å². The van der Waals surface area contributed by atoms with Gasteiger partial charge in [0.2, 0.25) is 0 Å². The summed E-state index contributed by atoms with van der Waals surface area (Å²) >= 11 is 0. The fourth-order valence-electron chi connectivity index (χ4n) is 2.01. The van der Waals surface area contributed by atoms with Crippen molar-refractivity contribution in [3.63, 3.8) is 0 Å². The lowest BCUT2D eigenvalue weighted by atomic mass is 10.2. The Kier molecular flexibility index (Phi) is 3.09. The van der Waals surface area contributed by atoms with Crippen LogP contribution in [0.1, 0.15) is 5.56 Å². The quantitative estimate of drug-likeness (QED) is 0.664. The van der Waals surface area contributed by atoms with Crippen LogP contribution >= 0.6 is 0 Å². The molecular weight excluding hydrogens is 252 g/mol. The third-order valence-corrected chi connectivity index (χ3v) is 3.09. The van der Waals surface area contributed by atoms with E-state index in [0.717, 1.165) is 22.2 Å². The standard InChI is InChI=1S/C15H14N4O/c1-10-4-2-3-5-13(10)18-15(20)17-12-7-6-11-9-16-19-14(11)8-12/h2-9H,1H3,(H,16,19)(H2,17,18,20). The topological polar surface area (TPSA) is 69.8 Å². The molecule has 100 valence electrons. The molecule has 3 aromatic rings. The molecule has 0 aliphatic heterocycles. The van der Waals surface area contributed by atoms with Crippen molar-refractivity contribution < 1.29 is 4.79 Å². The van der Waals surface area contributed by atoms with Crippen molar-refractivity contribution >= 4 is 28.3 Å². The number of urea groups is 1. The molecule has 0 unspecified atom stereocenters. The third-order valence-electron chi connectivity index (χ3n) is 3.09. The molecule has 3 rings (SSSR count). The van der Waals surface area contributed by atoms with Gasteiger partial charge in [-0.1, -0.05) is 18.2 Å². The summed E-state index contributed by atoms with van der Waals surface area (Å²) in [5.74, 6) is 0. The number of amides is 2. The first kappa shape index (κ1) is 12.2. The first-order valence-corrected chi connectivity index (χ1v) is 6.29. The molecule has 0 aliphatic rings. The first-order chi connectivity index (χ1) is 9.72. The van der Waals surface area contributed by atoms with Crippen molar-refractivity contribution in [1.82, 2.24) is 10.2 Å². The van der Waals surface area contributed by atoms with Gasteiger partial charge in [-0.05, 0) is 36.8 Å². The molecule has 0 saturated carbocycles. The van der Waals surface area contributed by atoms with Crippen LogP contribution in [0.2, 0.25) is 0 Å². The number of nitrogens with one attached hydrogen (secondary N) is 3. The second-order valence-electron chi connectivity index (χ2n) is 4.57. The number of fused-ring (bicyclic) bond motifs is 1. The average Bonchev–Trinajstić information content (AvgIpc) is 2.89.